The second kappa shape index (κ2) is 6.89. The molecule has 1 rings (SSSR count). The van der Waals surface area contributed by atoms with E-state index in [4.69, 9.17) is 9.84 Å². The van der Waals surface area contributed by atoms with Gasteiger partial charge in [0.05, 0.1) is 0 Å². The van der Waals surface area contributed by atoms with E-state index in [0.29, 0.717) is 6.42 Å². The molecule has 0 bridgehead atoms. The molecule has 108 valence electrons. The summed E-state index contributed by atoms with van der Waals surface area (Å²) in [6.07, 6.45) is 1.99. The molecule has 0 spiro atoms. The van der Waals surface area contributed by atoms with Crippen LogP contribution in [-0.2, 0) is 20.7 Å². The second-order valence-electron chi connectivity index (χ2n) is 5.65. The third-order valence-electron chi connectivity index (χ3n) is 2.85. The highest BCUT2D eigenvalue weighted by atomic mass is 16.5. The average molecular weight is 276 g/mol. The summed E-state index contributed by atoms with van der Waals surface area (Å²) < 4.78 is 5.38. The molecule has 1 aromatic carbocycles. The molecule has 4 nitrogen and oxygen atoms in total. The van der Waals surface area contributed by atoms with Gasteiger partial charge in [0.15, 0.2) is 0 Å². The van der Waals surface area contributed by atoms with Crippen LogP contribution >= 0.6 is 0 Å². The normalized spacial score (nSPS) is 13.2. The lowest BCUT2D eigenvalue weighted by Gasteiger charge is -2.30. The van der Waals surface area contributed by atoms with Crippen LogP contribution in [0.4, 0.5) is 0 Å². The first-order valence-electron chi connectivity index (χ1n) is 6.44. The van der Waals surface area contributed by atoms with Crippen LogP contribution < -0.4 is 0 Å². The number of ether oxygens (including phenoxy) is 1. The lowest BCUT2D eigenvalue weighted by Crippen LogP contribution is -2.33. The summed E-state index contributed by atoms with van der Waals surface area (Å²) in [6.45, 7) is 5.94. The van der Waals surface area contributed by atoms with Crippen LogP contribution in [0, 0.1) is 5.41 Å². The van der Waals surface area contributed by atoms with Crippen molar-refractivity contribution in [2.75, 3.05) is 0 Å². The molecule has 0 radical (unpaired) electrons. The lowest BCUT2D eigenvalue weighted by molar-refractivity contribution is -0.148. The molecule has 20 heavy (non-hydrogen) atoms. The monoisotopic (exact) mass is 276 g/mol. The Balaban J connectivity index is 2.76. The summed E-state index contributed by atoms with van der Waals surface area (Å²) >= 11 is 0. The van der Waals surface area contributed by atoms with Crippen molar-refractivity contribution in [3.8, 4) is 0 Å². The van der Waals surface area contributed by atoms with Crippen molar-refractivity contribution in [3.05, 3.63) is 48.0 Å². The zero-order valence-corrected chi connectivity index (χ0v) is 12.0. The van der Waals surface area contributed by atoms with Gasteiger partial charge < -0.3 is 9.84 Å². The van der Waals surface area contributed by atoms with E-state index < -0.39 is 11.9 Å². The minimum absolute atomic E-state index is 0.234. The van der Waals surface area contributed by atoms with E-state index in [1.165, 1.54) is 0 Å². The Morgan fingerprint density at radius 2 is 1.80 bits per heavy atom. The van der Waals surface area contributed by atoms with Gasteiger partial charge in [-0.25, -0.2) is 9.59 Å². The number of rotatable bonds is 5. The Morgan fingerprint density at radius 1 is 1.20 bits per heavy atom. The average Bonchev–Trinajstić information content (AvgIpc) is 2.36. The molecule has 0 aliphatic heterocycles. The maximum absolute atomic E-state index is 11.6. The zero-order chi connectivity index (χ0) is 15.2. The van der Waals surface area contributed by atoms with E-state index >= 15 is 0 Å². The maximum Gasteiger partial charge on any atom is 0.331 e. The topological polar surface area (TPSA) is 63.6 Å². The predicted molar refractivity (Wildman–Crippen MR) is 76.3 cm³/mol. The molecule has 0 aromatic heterocycles. The minimum atomic E-state index is -1.17. The van der Waals surface area contributed by atoms with Crippen LogP contribution in [0.25, 0.3) is 0 Å². The largest absolute Gasteiger partial charge is 0.478 e. The second-order valence-corrected chi connectivity index (χ2v) is 5.65. The number of esters is 1. The Hall–Kier alpha value is -2.10. The minimum Gasteiger partial charge on any atom is -0.478 e. The Labute approximate surface area is 119 Å². The smallest absolute Gasteiger partial charge is 0.331 e. The molecule has 1 unspecified atom stereocenters. The summed E-state index contributed by atoms with van der Waals surface area (Å²) in [5.41, 5.74) is 0.838. The molecule has 0 saturated heterocycles. The van der Waals surface area contributed by atoms with Gasteiger partial charge in [-0.3, -0.25) is 0 Å². The van der Waals surface area contributed by atoms with Crippen LogP contribution in [0.2, 0.25) is 0 Å². The fourth-order valence-electron chi connectivity index (χ4n) is 1.67. The first-order chi connectivity index (χ1) is 9.29. The fraction of sp³-hybridized carbons (Fsp3) is 0.375. The van der Waals surface area contributed by atoms with Crippen molar-refractivity contribution in [2.24, 2.45) is 5.41 Å². The van der Waals surface area contributed by atoms with Crippen molar-refractivity contribution in [3.63, 3.8) is 0 Å². The molecule has 0 heterocycles. The van der Waals surface area contributed by atoms with Crippen LogP contribution in [0.3, 0.4) is 0 Å². The van der Waals surface area contributed by atoms with E-state index in [2.05, 4.69) is 0 Å². The number of aliphatic carboxylic acids is 1. The van der Waals surface area contributed by atoms with Gasteiger partial charge in [-0.1, -0.05) is 51.1 Å². The van der Waals surface area contributed by atoms with E-state index in [9.17, 15) is 9.59 Å². The molecule has 4 heteroatoms. The van der Waals surface area contributed by atoms with E-state index in [-0.39, 0.29) is 11.5 Å². The number of benzene rings is 1. The highest BCUT2D eigenvalue weighted by Crippen LogP contribution is 2.25. The molecule has 0 amide bonds. The van der Waals surface area contributed by atoms with E-state index in [1.54, 1.807) is 0 Å². The van der Waals surface area contributed by atoms with Crippen LogP contribution in [0.15, 0.2) is 42.5 Å². The number of hydrogen-bond donors (Lipinski definition) is 1. The number of carboxylic acid groups (broad SMARTS) is 1. The Kier molecular flexibility index (Phi) is 5.50. The molecule has 0 fully saturated rings. The van der Waals surface area contributed by atoms with Gasteiger partial charge >= 0.3 is 11.9 Å². The van der Waals surface area contributed by atoms with Crippen molar-refractivity contribution >= 4 is 11.9 Å². The van der Waals surface area contributed by atoms with Gasteiger partial charge in [0.2, 0.25) is 0 Å². The first kappa shape index (κ1) is 16.0. The van der Waals surface area contributed by atoms with Gasteiger partial charge in [-0.05, 0) is 11.0 Å². The SMILES string of the molecule is CC(C)(C)C(Cc1ccccc1)OC(=O)/C=C/C(=O)O. The quantitative estimate of drug-likeness (QED) is 0.663. The summed E-state index contributed by atoms with van der Waals surface area (Å²) in [5, 5.41) is 8.50. The molecular formula is C16H20O4. The van der Waals surface area contributed by atoms with Crippen LogP contribution in [0.1, 0.15) is 26.3 Å². The molecule has 0 saturated carbocycles. The van der Waals surface area contributed by atoms with Gasteiger partial charge in [-0.15, -0.1) is 0 Å². The summed E-state index contributed by atoms with van der Waals surface area (Å²) in [6, 6.07) is 9.74. The van der Waals surface area contributed by atoms with E-state index in [1.807, 2.05) is 51.1 Å². The summed E-state index contributed by atoms with van der Waals surface area (Å²) in [4.78, 5) is 22.0. The fourth-order valence-corrected chi connectivity index (χ4v) is 1.67. The molecular weight excluding hydrogens is 256 g/mol. The van der Waals surface area contributed by atoms with E-state index in [0.717, 1.165) is 17.7 Å². The zero-order valence-electron chi connectivity index (χ0n) is 12.0. The third kappa shape index (κ3) is 5.69. The standard InChI is InChI=1S/C16H20O4/c1-16(2,3)13(11-12-7-5-4-6-8-12)20-15(19)10-9-14(17)18/h4-10,13H,11H2,1-3H3,(H,17,18)/b10-9+. The van der Waals surface area contributed by atoms with Crippen molar-refractivity contribution in [1.82, 2.24) is 0 Å². The Bertz CT molecular complexity index is 483. The summed E-state index contributed by atoms with van der Waals surface area (Å²) in [7, 11) is 0. The molecule has 1 atom stereocenters. The molecule has 1 N–H and O–H groups in total. The molecule has 0 aliphatic carbocycles. The number of carboxylic acids is 1. The van der Waals surface area contributed by atoms with Crippen molar-refractivity contribution < 1.29 is 19.4 Å². The highest BCUT2D eigenvalue weighted by molar-refractivity contribution is 5.90. The number of hydrogen-bond acceptors (Lipinski definition) is 3. The first-order valence-corrected chi connectivity index (χ1v) is 6.44. The van der Waals surface area contributed by atoms with Gasteiger partial charge in [-0.2, -0.15) is 0 Å². The highest BCUT2D eigenvalue weighted by Gasteiger charge is 2.28. The van der Waals surface area contributed by atoms with Gasteiger partial charge in [0.25, 0.3) is 0 Å². The number of carbonyl (C=O) groups excluding carboxylic acids is 1. The van der Waals surface area contributed by atoms with Gasteiger partial charge in [0, 0.05) is 18.6 Å². The van der Waals surface area contributed by atoms with Crippen LogP contribution in [0.5, 0.6) is 0 Å². The van der Waals surface area contributed by atoms with Crippen molar-refractivity contribution in [2.45, 2.75) is 33.3 Å². The maximum atomic E-state index is 11.6. The van der Waals surface area contributed by atoms with Crippen LogP contribution in [-0.4, -0.2) is 23.1 Å². The van der Waals surface area contributed by atoms with Gasteiger partial charge in [0.1, 0.15) is 6.10 Å². The third-order valence-corrected chi connectivity index (χ3v) is 2.85. The predicted octanol–water partition coefficient (Wildman–Crippen LogP) is 2.83. The molecule has 0 aliphatic rings. The lowest BCUT2D eigenvalue weighted by atomic mass is 9.85. The van der Waals surface area contributed by atoms with Crippen molar-refractivity contribution in [1.29, 1.82) is 0 Å². The molecule has 1 aromatic rings. The Morgan fingerprint density at radius 3 is 2.30 bits per heavy atom. The number of carbonyl (C=O) groups is 2. The summed E-state index contributed by atoms with van der Waals surface area (Å²) in [5.74, 6) is -1.81.